The minimum absolute atomic E-state index is 0.173. The Morgan fingerprint density at radius 2 is 1.88 bits per heavy atom. The number of benzene rings is 1. The van der Waals surface area contributed by atoms with Gasteiger partial charge in [0, 0.05) is 18.3 Å². The number of aromatic nitrogens is 2. The topological polar surface area (TPSA) is 70.2 Å². The first-order valence-corrected chi connectivity index (χ1v) is 8.48. The van der Waals surface area contributed by atoms with E-state index < -0.39 is 0 Å². The van der Waals surface area contributed by atoms with Crippen molar-refractivity contribution in [1.29, 1.82) is 0 Å². The van der Waals surface area contributed by atoms with E-state index in [1.165, 1.54) is 0 Å². The Morgan fingerprint density at radius 3 is 2.60 bits per heavy atom. The van der Waals surface area contributed by atoms with Crippen LogP contribution in [-0.4, -0.2) is 48.0 Å². The van der Waals surface area contributed by atoms with E-state index in [2.05, 4.69) is 43.7 Å². The lowest BCUT2D eigenvalue weighted by atomic mass is 10.1. The molecule has 0 atom stereocenters. The van der Waals surface area contributed by atoms with Gasteiger partial charge in [-0.1, -0.05) is 12.1 Å². The summed E-state index contributed by atoms with van der Waals surface area (Å²) in [6.07, 6.45) is 0.899. The lowest BCUT2D eigenvalue weighted by molar-refractivity contribution is 0.0947. The van der Waals surface area contributed by atoms with Gasteiger partial charge in [0.15, 0.2) is 0 Å². The van der Waals surface area contributed by atoms with Crippen LogP contribution < -0.4 is 10.6 Å². The minimum Gasteiger partial charge on any atom is -0.351 e. The van der Waals surface area contributed by atoms with Crippen molar-refractivity contribution in [2.45, 2.75) is 27.2 Å². The molecule has 6 nitrogen and oxygen atoms in total. The van der Waals surface area contributed by atoms with Crippen LogP contribution in [0.4, 0.5) is 11.5 Å². The Hall–Kier alpha value is -2.47. The number of rotatable bonds is 7. The van der Waals surface area contributed by atoms with Crippen LogP contribution in [0.2, 0.25) is 0 Å². The van der Waals surface area contributed by atoms with Crippen LogP contribution in [0.3, 0.4) is 0 Å². The fourth-order valence-corrected chi connectivity index (χ4v) is 2.44. The van der Waals surface area contributed by atoms with Crippen molar-refractivity contribution in [1.82, 2.24) is 20.2 Å². The first-order chi connectivity index (χ1) is 11.8. The van der Waals surface area contributed by atoms with Gasteiger partial charge < -0.3 is 15.5 Å². The molecular weight excluding hydrogens is 314 g/mol. The van der Waals surface area contributed by atoms with Gasteiger partial charge in [0.1, 0.15) is 17.3 Å². The predicted octanol–water partition coefficient (Wildman–Crippen LogP) is 2.83. The molecule has 0 bridgehead atoms. The molecular formula is C19H27N5O. The maximum Gasteiger partial charge on any atom is 0.270 e. The van der Waals surface area contributed by atoms with E-state index in [1.807, 2.05) is 27.9 Å². The van der Waals surface area contributed by atoms with E-state index in [-0.39, 0.29) is 5.91 Å². The monoisotopic (exact) mass is 341 g/mol. The highest BCUT2D eigenvalue weighted by Crippen LogP contribution is 2.21. The fourth-order valence-electron chi connectivity index (χ4n) is 2.44. The minimum atomic E-state index is -0.173. The molecule has 0 radical (unpaired) electrons. The third kappa shape index (κ3) is 5.83. The summed E-state index contributed by atoms with van der Waals surface area (Å²) < 4.78 is 0. The molecule has 25 heavy (non-hydrogen) atoms. The molecule has 0 saturated heterocycles. The highest BCUT2D eigenvalue weighted by atomic mass is 16.1. The standard InChI is InChI=1S/C19H27N5O/c1-13-7-8-14(2)16(11-13)23-18-12-17(21-15(3)22-18)19(25)20-9-6-10-24(4)5/h7-8,11-12H,6,9-10H2,1-5H3,(H,20,25)(H,21,22,23). The second-order valence-electron chi connectivity index (χ2n) is 6.54. The van der Waals surface area contributed by atoms with Crippen LogP contribution in [0.1, 0.15) is 33.9 Å². The summed E-state index contributed by atoms with van der Waals surface area (Å²) in [6.45, 7) is 7.43. The van der Waals surface area contributed by atoms with Crippen molar-refractivity contribution in [3.8, 4) is 0 Å². The van der Waals surface area contributed by atoms with Crippen LogP contribution in [-0.2, 0) is 0 Å². The molecule has 0 saturated carbocycles. The lowest BCUT2D eigenvalue weighted by Gasteiger charge is -2.12. The number of amides is 1. The molecule has 1 amide bonds. The highest BCUT2D eigenvalue weighted by molar-refractivity contribution is 5.93. The zero-order chi connectivity index (χ0) is 18.4. The quantitative estimate of drug-likeness (QED) is 0.758. The van der Waals surface area contributed by atoms with Crippen LogP contribution >= 0.6 is 0 Å². The fraction of sp³-hybridized carbons (Fsp3) is 0.421. The summed E-state index contributed by atoms with van der Waals surface area (Å²) in [7, 11) is 4.03. The summed E-state index contributed by atoms with van der Waals surface area (Å²) in [5.41, 5.74) is 3.65. The van der Waals surface area contributed by atoms with Crippen molar-refractivity contribution in [3.05, 3.63) is 46.9 Å². The van der Waals surface area contributed by atoms with Gasteiger partial charge in [0.2, 0.25) is 0 Å². The zero-order valence-corrected chi connectivity index (χ0v) is 15.7. The van der Waals surface area contributed by atoms with Crippen LogP contribution in [0, 0.1) is 20.8 Å². The summed E-state index contributed by atoms with van der Waals surface area (Å²) in [6, 6.07) is 7.88. The first-order valence-electron chi connectivity index (χ1n) is 8.48. The molecule has 0 fully saturated rings. The smallest absolute Gasteiger partial charge is 0.270 e. The van der Waals surface area contributed by atoms with E-state index in [9.17, 15) is 4.79 Å². The third-order valence-corrected chi connectivity index (χ3v) is 3.79. The zero-order valence-electron chi connectivity index (χ0n) is 15.7. The predicted molar refractivity (Wildman–Crippen MR) is 101 cm³/mol. The Balaban J connectivity index is 2.09. The van der Waals surface area contributed by atoms with Crippen LogP contribution in [0.5, 0.6) is 0 Å². The van der Waals surface area contributed by atoms with Gasteiger partial charge in [0.25, 0.3) is 5.91 Å². The number of hydrogen-bond acceptors (Lipinski definition) is 5. The molecule has 6 heteroatoms. The van der Waals surface area contributed by atoms with Gasteiger partial charge in [-0.2, -0.15) is 0 Å². The maximum absolute atomic E-state index is 12.3. The van der Waals surface area contributed by atoms with E-state index in [1.54, 1.807) is 13.0 Å². The Morgan fingerprint density at radius 1 is 1.12 bits per heavy atom. The lowest BCUT2D eigenvalue weighted by Crippen LogP contribution is -2.28. The second kappa shape index (κ2) is 8.58. The number of aryl methyl sites for hydroxylation is 3. The van der Waals surface area contributed by atoms with E-state index in [0.717, 1.165) is 29.8 Å². The molecule has 1 aromatic heterocycles. The van der Waals surface area contributed by atoms with Crippen molar-refractivity contribution < 1.29 is 4.79 Å². The Labute approximate surface area is 149 Å². The number of nitrogens with one attached hydrogen (secondary N) is 2. The van der Waals surface area contributed by atoms with Crippen LogP contribution in [0.25, 0.3) is 0 Å². The second-order valence-corrected chi connectivity index (χ2v) is 6.54. The number of carbonyl (C=O) groups is 1. The maximum atomic E-state index is 12.3. The highest BCUT2D eigenvalue weighted by Gasteiger charge is 2.11. The molecule has 0 unspecified atom stereocenters. The number of anilines is 2. The number of nitrogens with zero attached hydrogens (tertiary/aromatic N) is 3. The molecule has 0 spiro atoms. The largest absolute Gasteiger partial charge is 0.351 e. The van der Waals surface area contributed by atoms with E-state index in [4.69, 9.17) is 0 Å². The van der Waals surface area contributed by atoms with Gasteiger partial charge in [-0.3, -0.25) is 4.79 Å². The summed E-state index contributed by atoms with van der Waals surface area (Å²) in [5, 5.41) is 6.20. The number of carbonyl (C=O) groups excluding carboxylic acids is 1. The van der Waals surface area contributed by atoms with Crippen molar-refractivity contribution in [3.63, 3.8) is 0 Å². The molecule has 134 valence electrons. The Bertz CT molecular complexity index is 743. The molecule has 1 aromatic carbocycles. The van der Waals surface area contributed by atoms with Gasteiger partial charge >= 0.3 is 0 Å². The first kappa shape index (κ1) is 18.9. The average molecular weight is 341 g/mol. The molecule has 0 aliphatic rings. The molecule has 2 aromatic rings. The van der Waals surface area contributed by atoms with Crippen LogP contribution in [0.15, 0.2) is 24.3 Å². The third-order valence-electron chi connectivity index (χ3n) is 3.79. The van der Waals surface area contributed by atoms with Gasteiger partial charge in [-0.05, 0) is 65.0 Å². The average Bonchev–Trinajstić information content (AvgIpc) is 2.54. The van der Waals surface area contributed by atoms with Crippen molar-refractivity contribution in [2.24, 2.45) is 0 Å². The van der Waals surface area contributed by atoms with E-state index >= 15 is 0 Å². The van der Waals surface area contributed by atoms with E-state index in [0.29, 0.717) is 23.9 Å². The van der Waals surface area contributed by atoms with Gasteiger partial charge in [0.05, 0.1) is 0 Å². The van der Waals surface area contributed by atoms with Crippen molar-refractivity contribution in [2.75, 3.05) is 32.5 Å². The number of hydrogen-bond donors (Lipinski definition) is 2. The summed E-state index contributed by atoms with van der Waals surface area (Å²) >= 11 is 0. The molecule has 2 rings (SSSR count). The summed E-state index contributed by atoms with van der Waals surface area (Å²) in [5.74, 6) is 1.02. The summed E-state index contributed by atoms with van der Waals surface area (Å²) in [4.78, 5) is 23.1. The molecule has 1 heterocycles. The van der Waals surface area contributed by atoms with Gasteiger partial charge in [-0.25, -0.2) is 9.97 Å². The molecule has 0 aliphatic carbocycles. The van der Waals surface area contributed by atoms with Gasteiger partial charge in [-0.15, -0.1) is 0 Å². The Kier molecular flexibility index (Phi) is 6.47. The molecule has 0 aliphatic heterocycles. The molecule has 2 N–H and O–H groups in total. The van der Waals surface area contributed by atoms with Crippen molar-refractivity contribution >= 4 is 17.4 Å². The normalized spacial score (nSPS) is 10.8. The SMILES string of the molecule is Cc1ccc(C)c(Nc2cc(C(=O)NCCCN(C)C)nc(C)n2)c1.